The van der Waals surface area contributed by atoms with Crippen LogP contribution in [0.3, 0.4) is 0 Å². The molecule has 0 bridgehead atoms. The third-order valence-corrected chi connectivity index (χ3v) is 5.62. The van der Waals surface area contributed by atoms with Crippen molar-refractivity contribution in [3.63, 3.8) is 0 Å². The molecule has 1 aliphatic rings. The van der Waals surface area contributed by atoms with Crippen molar-refractivity contribution in [3.05, 3.63) is 102 Å². The molecule has 0 spiro atoms. The Hall–Kier alpha value is -4.26. The lowest BCUT2D eigenvalue weighted by molar-refractivity contribution is -0.138. The van der Waals surface area contributed by atoms with Crippen LogP contribution >= 0.6 is 0 Å². The Morgan fingerprint density at radius 2 is 1.65 bits per heavy atom. The molecule has 0 fully saturated rings. The van der Waals surface area contributed by atoms with Gasteiger partial charge in [-0.15, -0.1) is 0 Å². The van der Waals surface area contributed by atoms with Crippen molar-refractivity contribution in [3.8, 4) is 0 Å². The molecule has 34 heavy (non-hydrogen) atoms. The predicted molar refractivity (Wildman–Crippen MR) is 130 cm³/mol. The summed E-state index contributed by atoms with van der Waals surface area (Å²) in [5, 5.41) is 2.73. The first-order valence-corrected chi connectivity index (χ1v) is 11.1. The molecule has 4 rings (SSSR count). The van der Waals surface area contributed by atoms with Gasteiger partial charge >= 0.3 is 0 Å². The molecule has 0 unspecified atom stereocenters. The van der Waals surface area contributed by atoms with Gasteiger partial charge in [-0.05, 0) is 41.8 Å². The molecule has 1 aromatic heterocycles. The van der Waals surface area contributed by atoms with E-state index in [0.717, 1.165) is 11.1 Å². The quantitative estimate of drug-likeness (QED) is 0.523. The summed E-state index contributed by atoms with van der Waals surface area (Å²) in [4.78, 5) is 45.9. The van der Waals surface area contributed by atoms with Gasteiger partial charge in [0.05, 0.1) is 12.1 Å². The highest BCUT2D eigenvalue weighted by atomic mass is 16.2. The number of nitrogens with one attached hydrogen (secondary N) is 1. The molecule has 172 valence electrons. The SMILES string of the molecule is CCN(Cc1ccccc1)C1=C(c2ccc(NC(C)=O)cc2)C(=O)N(Cc2cccnc2)C1=O. The molecule has 0 atom stereocenters. The second kappa shape index (κ2) is 10.1. The molecule has 7 heteroatoms. The number of hydrogen-bond acceptors (Lipinski definition) is 5. The summed E-state index contributed by atoms with van der Waals surface area (Å²) in [6.07, 6.45) is 3.31. The molecule has 0 saturated heterocycles. The molecule has 2 heterocycles. The number of rotatable bonds is 8. The standard InChI is InChI=1S/C27H26N4O3/c1-3-30(17-20-8-5-4-6-9-20)25-24(22-11-13-23(14-12-22)29-19(2)32)26(33)31(27(25)34)18-21-10-7-15-28-16-21/h4-16H,3,17-18H2,1-2H3,(H,29,32). The van der Waals surface area contributed by atoms with E-state index in [0.29, 0.717) is 35.6 Å². The van der Waals surface area contributed by atoms with Crippen LogP contribution in [0.4, 0.5) is 5.69 Å². The summed E-state index contributed by atoms with van der Waals surface area (Å²) in [5.74, 6) is -0.849. The second-order valence-electron chi connectivity index (χ2n) is 8.04. The van der Waals surface area contributed by atoms with Crippen molar-refractivity contribution in [2.75, 3.05) is 11.9 Å². The van der Waals surface area contributed by atoms with Crippen LogP contribution in [-0.2, 0) is 27.5 Å². The molecule has 1 aliphatic heterocycles. The average Bonchev–Trinajstić information content (AvgIpc) is 3.09. The zero-order chi connectivity index (χ0) is 24.1. The minimum atomic E-state index is -0.345. The molecule has 2 aromatic carbocycles. The monoisotopic (exact) mass is 454 g/mol. The van der Waals surface area contributed by atoms with Crippen LogP contribution in [0.5, 0.6) is 0 Å². The summed E-state index contributed by atoms with van der Waals surface area (Å²) >= 11 is 0. The molecular formula is C27H26N4O3. The summed E-state index contributed by atoms with van der Waals surface area (Å²) < 4.78 is 0. The first-order chi connectivity index (χ1) is 16.5. The maximum absolute atomic E-state index is 13.6. The van der Waals surface area contributed by atoms with Crippen LogP contribution in [0.25, 0.3) is 5.57 Å². The van der Waals surface area contributed by atoms with Crippen molar-refractivity contribution in [2.24, 2.45) is 0 Å². The maximum Gasteiger partial charge on any atom is 0.278 e. The summed E-state index contributed by atoms with van der Waals surface area (Å²) in [7, 11) is 0. The number of pyridine rings is 1. The lowest BCUT2D eigenvalue weighted by Gasteiger charge is -2.25. The van der Waals surface area contributed by atoms with Crippen LogP contribution in [0.15, 0.2) is 84.8 Å². The van der Waals surface area contributed by atoms with Gasteiger partial charge in [-0.1, -0.05) is 48.5 Å². The smallest absolute Gasteiger partial charge is 0.278 e. The fourth-order valence-corrected chi connectivity index (χ4v) is 4.01. The Kier molecular flexibility index (Phi) is 6.82. The normalized spacial score (nSPS) is 13.4. The first kappa shape index (κ1) is 22.9. The fourth-order valence-electron chi connectivity index (χ4n) is 4.01. The number of benzene rings is 2. The van der Waals surface area contributed by atoms with E-state index < -0.39 is 0 Å². The third-order valence-electron chi connectivity index (χ3n) is 5.62. The topological polar surface area (TPSA) is 82.6 Å². The summed E-state index contributed by atoms with van der Waals surface area (Å²) in [6.45, 7) is 4.60. The largest absolute Gasteiger partial charge is 0.362 e. The van der Waals surface area contributed by atoms with E-state index in [1.807, 2.05) is 48.2 Å². The van der Waals surface area contributed by atoms with E-state index in [1.54, 1.807) is 42.7 Å². The number of nitrogens with zero attached hydrogens (tertiary/aromatic N) is 3. The van der Waals surface area contributed by atoms with Gasteiger partial charge in [0, 0.05) is 38.1 Å². The van der Waals surface area contributed by atoms with Gasteiger partial charge < -0.3 is 10.2 Å². The van der Waals surface area contributed by atoms with E-state index in [2.05, 4.69) is 10.3 Å². The minimum Gasteiger partial charge on any atom is -0.362 e. The molecule has 0 saturated carbocycles. The Morgan fingerprint density at radius 1 is 0.941 bits per heavy atom. The van der Waals surface area contributed by atoms with Crippen LogP contribution in [-0.4, -0.2) is 39.1 Å². The molecule has 3 amide bonds. The maximum atomic E-state index is 13.6. The number of carbonyl (C=O) groups excluding carboxylic acids is 3. The van der Waals surface area contributed by atoms with Gasteiger partial charge in [0.1, 0.15) is 5.70 Å². The Morgan fingerprint density at radius 3 is 2.26 bits per heavy atom. The van der Waals surface area contributed by atoms with Gasteiger partial charge in [0.25, 0.3) is 11.8 Å². The highest BCUT2D eigenvalue weighted by Crippen LogP contribution is 2.33. The van der Waals surface area contributed by atoms with Gasteiger partial charge in [0.15, 0.2) is 0 Å². The number of amides is 3. The van der Waals surface area contributed by atoms with Crippen LogP contribution < -0.4 is 5.32 Å². The van der Waals surface area contributed by atoms with Gasteiger partial charge in [-0.3, -0.25) is 24.3 Å². The van der Waals surface area contributed by atoms with Crippen molar-refractivity contribution in [2.45, 2.75) is 26.9 Å². The zero-order valence-electron chi connectivity index (χ0n) is 19.2. The van der Waals surface area contributed by atoms with Crippen molar-refractivity contribution < 1.29 is 14.4 Å². The summed E-state index contributed by atoms with van der Waals surface area (Å²) in [5.41, 5.74) is 3.82. The predicted octanol–water partition coefficient (Wildman–Crippen LogP) is 3.84. The van der Waals surface area contributed by atoms with Crippen molar-refractivity contribution in [1.29, 1.82) is 0 Å². The number of aromatic nitrogens is 1. The highest BCUT2D eigenvalue weighted by Gasteiger charge is 2.41. The molecular weight excluding hydrogens is 428 g/mol. The van der Waals surface area contributed by atoms with E-state index in [-0.39, 0.29) is 24.3 Å². The van der Waals surface area contributed by atoms with E-state index in [9.17, 15) is 14.4 Å². The fraction of sp³-hybridized carbons (Fsp3) is 0.185. The van der Waals surface area contributed by atoms with Crippen LogP contribution in [0, 0.1) is 0 Å². The number of carbonyl (C=O) groups is 3. The molecule has 0 radical (unpaired) electrons. The molecule has 7 nitrogen and oxygen atoms in total. The molecule has 3 aromatic rings. The first-order valence-electron chi connectivity index (χ1n) is 11.1. The zero-order valence-corrected chi connectivity index (χ0v) is 19.2. The highest BCUT2D eigenvalue weighted by molar-refractivity contribution is 6.35. The lowest BCUT2D eigenvalue weighted by Crippen LogP contribution is -2.34. The number of anilines is 1. The Labute approximate surface area is 198 Å². The van der Waals surface area contributed by atoms with Crippen LogP contribution in [0.1, 0.15) is 30.5 Å². The van der Waals surface area contributed by atoms with Gasteiger partial charge in [0.2, 0.25) is 5.91 Å². The average molecular weight is 455 g/mol. The van der Waals surface area contributed by atoms with Crippen LogP contribution in [0.2, 0.25) is 0 Å². The number of imide groups is 1. The van der Waals surface area contributed by atoms with Gasteiger partial charge in [-0.2, -0.15) is 0 Å². The van der Waals surface area contributed by atoms with E-state index in [4.69, 9.17) is 0 Å². The third kappa shape index (κ3) is 4.88. The number of hydrogen-bond donors (Lipinski definition) is 1. The van der Waals surface area contributed by atoms with Crippen molar-refractivity contribution in [1.82, 2.24) is 14.8 Å². The van der Waals surface area contributed by atoms with Crippen molar-refractivity contribution >= 4 is 29.0 Å². The van der Waals surface area contributed by atoms with Gasteiger partial charge in [-0.25, -0.2) is 0 Å². The summed E-state index contributed by atoms with van der Waals surface area (Å²) in [6, 6.07) is 20.5. The number of likely N-dealkylation sites (N-methyl/N-ethyl adjacent to an activating group) is 1. The molecule has 0 aliphatic carbocycles. The molecule has 1 N–H and O–H groups in total. The second-order valence-corrected chi connectivity index (χ2v) is 8.04. The Balaban J connectivity index is 1.74. The van der Waals surface area contributed by atoms with E-state index >= 15 is 0 Å². The minimum absolute atomic E-state index is 0.144. The lowest BCUT2D eigenvalue weighted by atomic mass is 10.0. The van der Waals surface area contributed by atoms with E-state index in [1.165, 1.54) is 11.8 Å². The Bertz CT molecular complexity index is 1220.